The van der Waals surface area contributed by atoms with Gasteiger partial charge < -0.3 is 0 Å². The minimum absolute atomic E-state index is 0.0131. The number of halogens is 2. The number of ketones is 1. The van der Waals surface area contributed by atoms with Crippen molar-refractivity contribution >= 4 is 33.3 Å². The van der Waals surface area contributed by atoms with Crippen molar-refractivity contribution in [3.8, 4) is 0 Å². The van der Waals surface area contributed by atoms with E-state index in [1.807, 2.05) is 0 Å². The van der Waals surface area contributed by atoms with Gasteiger partial charge in [-0.3, -0.25) is 4.79 Å². The maximum absolute atomic E-state index is 10.7. The zero-order valence-corrected chi connectivity index (χ0v) is 7.21. The Bertz CT molecular complexity index is 95.1. The number of rotatable bonds is 2. The molecule has 0 aliphatic carbocycles. The Labute approximate surface area is 62.5 Å². The summed E-state index contributed by atoms with van der Waals surface area (Å²) in [4.78, 5) is 10.7. The fraction of sp³-hybridized carbons (Fsp3) is 0.800. The first-order valence-electron chi connectivity index (χ1n) is 2.26. The molecule has 1 nitrogen and oxygen atoms in total. The normalized spacial score (nSPS) is 11.5. The molecule has 0 heterocycles. The van der Waals surface area contributed by atoms with Crippen LogP contribution in [0.25, 0.3) is 0 Å². The number of alkyl halides is 2. The van der Waals surface area contributed by atoms with E-state index in [1.54, 1.807) is 13.8 Å². The Balaban J connectivity index is 3.82. The van der Waals surface area contributed by atoms with Crippen LogP contribution in [0.1, 0.15) is 13.8 Å². The lowest BCUT2D eigenvalue weighted by molar-refractivity contribution is -0.118. The lowest BCUT2D eigenvalue weighted by Gasteiger charge is -2.10. The Morgan fingerprint density at radius 2 is 2.12 bits per heavy atom. The summed E-state index contributed by atoms with van der Waals surface area (Å²) in [6, 6.07) is 0. The van der Waals surface area contributed by atoms with Gasteiger partial charge in [0.05, 0.1) is 10.2 Å². The van der Waals surface area contributed by atoms with E-state index in [4.69, 9.17) is 11.6 Å². The molecule has 0 bridgehead atoms. The summed E-state index contributed by atoms with van der Waals surface area (Å²) in [7, 11) is 0. The maximum Gasteiger partial charge on any atom is 0.163 e. The highest BCUT2D eigenvalue weighted by atomic mass is 79.9. The second-order valence-corrected chi connectivity index (χ2v) is 4.28. The Hall–Kier alpha value is 0.440. The number of hydrogen-bond donors (Lipinski definition) is 0. The molecule has 0 amide bonds. The van der Waals surface area contributed by atoms with Crippen LogP contribution in [0.5, 0.6) is 0 Å². The predicted molar refractivity (Wildman–Crippen MR) is 38.7 cm³/mol. The quantitative estimate of drug-likeness (QED) is 0.622. The number of Topliss-reactive ketones (excluding diaryl/α,β-unsaturated/α-hetero) is 1. The molecule has 0 saturated heterocycles. The van der Waals surface area contributed by atoms with Crippen molar-refractivity contribution in [1.29, 1.82) is 0 Å². The van der Waals surface area contributed by atoms with Crippen molar-refractivity contribution in [3.05, 3.63) is 0 Å². The van der Waals surface area contributed by atoms with Crippen LogP contribution >= 0.6 is 27.5 Å². The van der Waals surface area contributed by atoms with Gasteiger partial charge >= 0.3 is 0 Å². The van der Waals surface area contributed by atoms with Crippen LogP contribution in [0.15, 0.2) is 0 Å². The van der Waals surface area contributed by atoms with Crippen LogP contribution < -0.4 is 0 Å². The van der Waals surface area contributed by atoms with Gasteiger partial charge in [0.25, 0.3) is 0 Å². The summed E-state index contributed by atoms with van der Waals surface area (Å²) < 4.78 is -0.450. The third kappa shape index (κ3) is 2.68. The molecule has 3 heteroatoms. The first-order chi connectivity index (χ1) is 3.48. The topological polar surface area (TPSA) is 17.1 Å². The van der Waals surface area contributed by atoms with Crippen LogP contribution in [-0.4, -0.2) is 16.0 Å². The van der Waals surface area contributed by atoms with Gasteiger partial charge in [0.1, 0.15) is 0 Å². The highest BCUT2D eigenvalue weighted by Crippen LogP contribution is 2.16. The van der Waals surface area contributed by atoms with Gasteiger partial charge in [-0.1, -0.05) is 15.9 Å². The second kappa shape index (κ2) is 2.83. The third-order valence-electron chi connectivity index (χ3n) is 0.784. The summed E-state index contributed by atoms with van der Waals surface area (Å²) >= 11 is 8.43. The lowest BCUT2D eigenvalue weighted by Crippen LogP contribution is -2.24. The molecule has 0 rings (SSSR count). The fourth-order valence-electron chi connectivity index (χ4n) is 0.159. The zero-order valence-electron chi connectivity index (χ0n) is 4.87. The third-order valence-corrected chi connectivity index (χ3v) is 1.47. The molecule has 0 unspecified atom stereocenters. The van der Waals surface area contributed by atoms with E-state index in [0.29, 0.717) is 0 Å². The molecule has 0 radical (unpaired) electrons. The molecule has 0 aromatic rings. The minimum atomic E-state index is -0.450. The molecule has 0 aromatic heterocycles. The van der Waals surface area contributed by atoms with Crippen LogP contribution in [0.3, 0.4) is 0 Å². The average molecular weight is 199 g/mol. The first kappa shape index (κ1) is 8.44. The van der Waals surface area contributed by atoms with Crippen molar-refractivity contribution in [2.75, 3.05) is 5.88 Å². The average Bonchev–Trinajstić information content (AvgIpc) is 1.62. The Morgan fingerprint density at radius 1 is 1.75 bits per heavy atom. The van der Waals surface area contributed by atoms with Gasteiger partial charge in [-0.05, 0) is 13.8 Å². The first-order valence-corrected chi connectivity index (χ1v) is 3.59. The minimum Gasteiger partial charge on any atom is -0.297 e. The van der Waals surface area contributed by atoms with Gasteiger partial charge in [-0.25, -0.2) is 0 Å². The highest BCUT2D eigenvalue weighted by Gasteiger charge is 2.21. The smallest absolute Gasteiger partial charge is 0.163 e. The van der Waals surface area contributed by atoms with E-state index >= 15 is 0 Å². The van der Waals surface area contributed by atoms with Crippen molar-refractivity contribution in [2.24, 2.45) is 0 Å². The second-order valence-electron chi connectivity index (χ2n) is 2.03. The van der Waals surface area contributed by atoms with Crippen molar-refractivity contribution in [1.82, 2.24) is 0 Å². The highest BCUT2D eigenvalue weighted by molar-refractivity contribution is 9.10. The maximum atomic E-state index is 10.7. The number of carbonyl (C=O) groups excluding carboxylic acids is 1. The predicted octanol–water partition coefficient (Wildman–Crippen LogP) is 1.97. The van der Waals surface area contributed by atoms with Gasteiger partial charge in [-0.15, -0.1) is 11.6 Å². The standard InChI is InChI=1S/C5H8BrClO/c1-5(2,6)4(8)3-7/h3H2,1-2H3. The van der Waals surface area contributed by atoms with Gasteiger partial charge in [0, 0.05) is 0 Å². The molecule has 0 atom stereocenters. The molecule has 0 aliphatic heterocycles. The van der Waals surface area contributed by atoms with E-state index < -0.39 is 4.32 Å². The summed E-state index contributed by atoms with van der Waals surface area (Å²) in [6.07, 6.45) is 0. The van der Waals surface area contributed by atoms with E-state index in [2.05, 4.69) is 15.9 Å². The van der Waals surface area contributed by atoms with Gasteiger partial charge in [0.2, 0.25) is 0 Å². The molecule has 0 fully saturated rings. The molecule has 48 valence electrons. The largest absolute Gasteiger partial charge is 0.297 e. The molecule has 0 aromatic carbocycles. The van der Waals surface area contributed by atoms with Gasteiger partial charge in [-0.2, -0.15) is 0 Å². The van der Waals surface area contributed by atoms with Crippen molar-refractivity contribution in [3.63, 3.8) is 0 Å². The van der Waals surface area contributed by atoms with Crippen LogP contribution in [0, 0.1) is 0 Å². The Morgan fingerprint density at radius 3 is 2.12 bits per heavy atom. The van der Waals surface area contributed by atoms with Crippen LogP contribution in [-0.2, 0) is 4.79 Å². The van der Waals surface area contributed by atoms with E-state index in [0.717, 1.165) is 0 Å². The Kier molecular flexibility index (Phi) is 2.99. The summed E-state index contributed by atoms with van der Waals surface area (Å²) in [5.41, 5.74) is 0. The van der Waals surface area contributed by atoms with E-state index in [9.17, 15) is 4.79 Å². The molecule has 0 saturated carbocycles. The summed E-state index contributed by atoms with van der Waals surface area (Å²) in [5, 5.41) is 0. The SMILES string of the molecule is CC(C)(Br)C(=O)CCl. The van der Waals surface area contributed by atoms with Crippen LogP contribution in [0.2, 0.25) is 0 Å². The molecular weight excluding hydrogens is 191 g/mol. The molecule has 0 N–H and O–H groups in total. The van der Waals surface area contributed by atoms with Crippen molar-refractivity contribution in [2.45, 2.75) is 18.2 Å². The summed E-state index contributed by atoms with van der Waals surface area (Å²) in [5.74, 6) is 0.0947. The molecule has 8 heavy (non-hydrogen) atoms. The molecular formula is C5H8BrClO. The number of carbonyl (C=O) groups is 1. The fourth-order valence-corrected chi connectivity index (χ4v) is 0.795. The van der Waals surface area contributed by atoms with Crippen LogP contribution in [0.4, 0.5) is 0 Å². The molecule has 0 aliphatic rings. The van der Waals surface area contributed by atoms with E-state index in [1.165, 1.54) is 0 Å². The van der Waals surface area contributed by atoms with Crippen molar-refractivity contribution < 1.29 is 4.79 Å². The lowest BCUT2D eigenvalue weighted by atomic mass is 10.1. The van der Waals surface area contributed by atoms with Gasteiger partial charge in [0.15, 0.2) is 5.78 Å². The summed E-state index contributed by atoms with van der Waals surface area (Å²) in [6.45, 7) is 3.55. The number of hydrogen-bond acceptors (Lipinski definition) is 1. The van der Waals surface area contributed by atoms with E-state index in [-0.39, 0.29) is 11.7 Å². The zero-order chi connectivity index (χ0) is 6.78. The molecule has 0 spiro atoms. The monoisotopic (exact) mass is 198 g/mol.